The first-order chi connectivity index (χ1) is 13.8. The molecule has 2 N–H and O–H groups in total. The Bertz CT molecular complexity index is 891. The van der Waals surface area contributed by atoms with E-state index in [0.29, 0.717) is 28.0 Å². The average Bonchev–Trinajstić information content (AvgIpc) is 2.73. The Balaban J connectivity index is 1.98. The van der Waals surface area contributed by atoms with E-state index in [1.807, 2.05) is 13.8 Å². The van der Waals surface area contributed by atoms with Crippen molar-refractivity contribution in [3.63, 3.8) is 0 Å². The molecule has 0 bridgehead atoms. The van der Waals surface area contributed by atoms with Gasteiger partial charge < -0.3 is 18.9 Å². The van der Waals surface area contributed by atoms with Crippen LogP contribution in [0.15, 0.2) is 24.3 Å². The molecular formula is C20H23ClN2O6. The number of amides is 2. The van der Waals surface area contributed by atoms with E-state index in [-0.39, 0.29) is 12.2 Å². The molecule has 8 nitrogen and oxygen atoms in total. The summed E-state index contributed by atoms with van der Waals surface area (Å²) < 4.78 is 21.1. The molecule has 0 atom stereocenters. The summed E-state index contributed by atoms with van der Waals surface area (Å²) in [6.45, 7) is 3.43. The highest BCUT2D eigenvalue weighted by molar-refractivity contribution is 6.31. The number of rotatable bonds is 7. The van der Waals surface area contributed by atoms with Crippen LogP contribution in [0.1, 0.15) is 21.5 Å². The van der Waals surface area contributed by atoms with Gasteiger partial charge in [0.05, 0.1) is 21.3 Å². The van der Waals surface area contributed by atoms with Gasteiger partial charge >= 0.3 is 0 Å². The van der Waals surface area contributed by atoms with Gasteiger partial charge in [0.1, 0.15) is 5.75 Å². The number of carbonyl (C=O) groups excluding carboxylic acids is 2. The number of benzene rings is 2. The van der Waals surface area contributed by atoms with Crippen LogP contribution in [0.4, 0.5) is 0 Å². The summed E-state index contributed by atoms with van der Waals surface area (Å²) in [5.41, 5.74) is 6.54. The molecule has 0 saturated carbocycles. The van der Waals surface area contributed by atoms with Crippen LogP contribution >= 0.6 is 11.6 Å². The topological polar surface area (TPSA) is 95.1 Å². The smallest absolute Gasteiger partial charge is 0.276 e. The number of methoxy groups -OCH3 is 3. The maximum absolute atomic E-state index is 12.4. The second-order valence-corrected chi connectivity index (χ2v) is 6.41. The summed E-state index contributed by atoms with van der Waals surface area (Å²) >= 11 is 6.05. The van der Waals surface area contributed by atoms with E-state index in [4.69, 9.17) is 30.5 Å². The van der Waals surface area contributed by atoms with Gasteiger partial charge in [0, 0.05) is 10.6 Å². The molecule has 2 aromatic carbocycles. The van der Waals surface area contributed by atoms with E-state index in [0.717, 1.165) is 11.1 Å². The standard InChI is InChI=1S/C20H23ClN2O6/c1-11-12(2)15(7-6-14(11)21)29-10-18(24)22-23-20(25)13-8-16(26-3)19(28-5)17(9-13)27-4/h6-9H,10H2,1-5H3,(H,22,24)(H,23,25). The first-order valence-corrected chi connectivity index (χ1v) is 8.97. The van der Waals surface area contributed by atoms with Crippen LogP contribution in [-0.4, -0.2) is 39.8 Å². The van der Waals surface area contributed by atoms with Gasteiger partial charge in [-0.25, -0.2) is 0 Å². The number of hydrogen-bond donors (Lipinski definition) is 2. The second-order valence-electron chi connectivity index (χ2n) is 6.00. The lowest BCUT2D eigenvalue weighted by molar-refractivity contribution is -0.123. The SMILES string of the molecule is COc1cc(C(=O)NNC(=O)COc2ccc(Cl)c(C)c2C)cc(OC)c1OC. The van der Waals surface area contributed by atoms with Crippen molar-refractivity contribution in [3.8, 4) is 23.0 Å². The van der Waals surface area contributed by atoms with Crippen molar-refractivity contribution in [1.29, 1.82) is 0 Å². The molecule has 0 radical (unpaired) electrons. The molecule has 0 aliphatic carbocycles. The molecule has 2 rings (SSSR count). The molecule has 9 heteroatoms. The molecular weight excluding hydrogens is 400 g/mol. The van der Waals surface area contributed by atoms with Gasteiger partial charge in [-0.3, -0.25) is 20.4 Å². The maximum atomic E-state index is 12.4. The molecule has 2 amide bonds. The summed E-state index contributed by atoms with van der Waals surface area (Å²) in [7, 11) is 4.35. The van der Waals surface area contributed by atoms with Gasteiger partial charge in [-0.05, 0) is 49.2 Å². The molecule has 0 aromatic heterocycles. The molecule has 156 valence electrons. The zero-order valence-electron chi connectivity index (χ0n) is 16.8. The molecule has 0 unspecified atom stereocenters. The Morgan fingerprint density at radius 3 is 2.07 bits per heavy atom. The molecule has 2 aromatic rings. The van der Waals surface area contributed by atoms with Crippen LogP contribution in [0.2, 0.25) is 5.02 Å². The van der Waals surface area contributed by atoms with Gasteiger partial charge in [-0.2, -0.15) is 0 Å². The fourth-order valence-electron chi connectivity index (χ4n) is 2.51. The van der Waals surface area contributed by atoms with E-state index in [1.54, 1.807) is 12.1 Å². The molecule has 29 heavy (non-hydrogen) atoms. The highest BCUT2D eigenvalue weighted by Gasteiger charge is 2.17. The van der Waals surface area contributed by atoms with Gasteiger partial charge in [-0.15, -0.1) is 0 Å². The van der Waals surface area contributed by atoms with E-state index in [9.17, 15) is 9.59 Å². The number of ether oxygens (including phenoxy) is 4. The summed E-state index contributed by atoms with van der Waals surface area (Å²) in [6.07, 6.45) is 0. The number of nitrogens with one attached hydrogen (secondary N) is 2. The van der Waals surface area contributed by atoms with Crippen LogP contribution in [0.25, 0.3) is 0 Å². The zero-order chi connectivity index (χ0) is 21.6. The monoisotopic (exact) mass is 422 g/mol. The molecule has 0 aliphatic heterocycles. The number of halogens is 1. The normalized spacial score (nSPS) is 10.1. The zero-order valence-corrected chi connectivity index (χ0v) is 17.6. The highest BCUT2D eigenvalue weighted by Crippen LogP contribution is 2.38. The summed E-state index contributed by atoms with van der Waals surface area (Å²) in [4.78, 5) is 24.4. The highest BCUT2D eigenvalue weighted by atomic mass is 35.5. The van der Waals surface area contributed by atoms with Crippen LogP contribution in [-0.2, 0) is 4.79 Å². The predicted octanol–water partition coefficient (Wildman–Crippen LogP) is 2.82. The third-order valence-electron chi connectivity index (χ3n) is 4.27. The second kappa shape index (κ2) is 9.88. The van der Waals surface area contributed by atoms with Crippen LogP contribution in [0.3, 0.4) is 0 Å². The number of hydrogen-bond acceptors (Lipinski definition) is 6. The lowest BCUT2D eigenvalue weighted by atomic mass is 10.1. The van der Waals surface area contributed by atoms with E-state index < -0.39 is 11.8 Å². The van der Waals surface area contributed by atoms with Gasteiger partial charge in [0.15, 0.2) is 18.1 Å². The Kier molecular flexibility index (Phi) is 7.55. The van der Waals surface area contributed by atoms with Crippen molar-refractivity contribution in [2.45, 2.75) is 13.8 Å². The Morgan fingerprint density at radius 2 is 1.52 bits per heavy atom. The van der Waals surface area contributed by atoms with Crippen molar-refractivity contribution in [1.82, 2.24) is 10.9 Å². The maximum Gasteiger partial charge on any atom is 0.276 e. The number of carbonyl (C=O) groups is 2. The lowest BCUT2D eigenvalue weighted by Crippen LogP contribution is -2.43. The quantitative estimate of drug-likeness (QED) is 0.666. The Labute approximate surface area is 174 Å². The molecule has 0 heterocycles. The van der Waals surface area contributed by atoms with Crippen molar-refractivity contribution < 1.29 is 28.5 Å². The summed E-state index contributed by atoms with van der Waals surface area (Å²) in [6, 6.07) is 6.33. The third kappa shape index (κ3) is 5.23. The van der Waals surface area contributed by atoms with E-state index in [1.165, 1.54) is 33.5 Å². The molecule has 0 spiro atoms. The van der Waals surface area contributed by atoms with Crippen molar-refractivity contribution >= 4 is 23.4 Å². The van der Waals surface area contributed by atoms with Crippen LogP contribution in [0.5, 0.6) is 23.0 Å². The first kappa shape index (κ1) is 22.2. The largest absolute Gasteiger partial charge is 0.493 e. The van der Waals surface area contributed by atoms with E-state index in [2.05, 4.69) is 10.9 Å². The van der Waals surface area contributed by atoms with Crippen LogP contribution in [0, 0.1) is 13.8 Å². The first-order valence-electron chi connectivity index (χ1n) is 8.60. The van der Waals surface area contributed by atoms with Gasteiger partial charge in [0.25, 0.3) is 11.8 Å². The lowest BCUT2D eigenvalue weighted by Gasteiger charge is -2.15. The summed E-state index contributed by atoms with van der Waals surface area (Å²) in [5, 5.41) is 0.622. The third-order valence-corrected chi connectivity index (χ3v) is 4.68. The van der Waals surface area contributed by atoms with E-state index >= 15 is 0 Å². The average molecular weight is 423 g/mol. The minimum absolute atomic E-state index is 0.213. The van der Waals surface area contributed by atoms with Gasteiger partial charge in [0.2, 0.25) is 5.75 Å². The molecule has 0 aliphatic rings. The minimum Gasteiger partial charge on any atom is -0.493 e. The van der Waals surface area contributed by atoms with Crippen molar-refractivity contribution in [2.24, 2.45) is 0 Å². The van der Waals surface area contributed by atoms with Gasteiger partial charge in [-0.1, -0.05) is 11.6 Å². The predicted molar refractivity (Wildman–Crippen MR) is 108 cm³/mol. The minimum atomic E-state index is -0.559. The van der Waals surface area contributed by atoms with Crippen LogP contribution < -0.4 is 29.8 Å². The fraction of sp³-hybridized carbons (Fsp3) is 0.300. The Hall–Kier alpha value is -3.13. The Morgan fingerprint density at radius 1 is 0.897 bits per heavy atom. The molecule has 0 fully saturated rings. The van der Waals surface area contributed by atoms with Crippen molar-refractivity contribution in [2.75, 3.05) is 27.9 Å². The fourth-order valence-corrected chi connectivity index (χ4v) is 2.71. The number of hydrazine groups is 1. The van der Waals surface area contributed by atoms with Crippen molar-refractivity contribution in [3.05, 3.63) is 46.0 Å². The summed E-state index contributed by atoms with van der Waals surface area (Å²) in [5.74, 6) is 0.449. The molecule has 0 saturated heterocycles.